The van der Waals surface area contributed by atoms with Gasteiger partial charge < -0.3 is 10.2 Å². The maximum Gasteiger partial charge on any atom is 0.0640 e. The molecule has 1 aromatic carbocycles. The first-order valence-electron chi connectivity index (χ1n) is 7.54. The molecule has 4 heteroatoms. The fourth-order valence-corrected chi connectivity index (χ4v) is 3.46. The summed E-state index contributed by atoms with van der Waals surface area (Å²) in [5.74, 6) is 0. The quantitative estimate of drug-likeness (QED) is 0.830. The number of benzene rings is 1. The Kier molecular flexibility index (Phi) is 6.16. The normalized spacial score (nSPS) is 21.3. The third-order valence-electron chi connectivity index (χ3n) is 4.20. The Balaban J connectivity index is 2.04. The highest BCUT2D eigenvalue weighted by Gasteiger charge is 2.22. The Morgan fingerprint density at radius 3 is 2.85 bits per heavy atom. The minimum absolute atomic E-state index is 0.277. The van der Waals surface area contributed by atoms with Gasteiger partial charge >= 0.3 is 0 Å². The van der Waals surface area contributed by atoms with Crippen molar-refractivity contribution >= 4 is 23.2 Å². The number of likely N-dealkylation sites (tertiary alicyclic amines) is 1. The summed E-state index contributed by atoms with van der Waals surface area (Å²) in [6.07, 6.45) is 3.72. The molecule has 0 radical (unpaired) electrons. The fraction of sp³-hybridized carbons (Fsp3) is 0.625. The Bertz CT molecular complexity index is 436. The highest BCUT2D eigenvalue weighted by atomic mass is 35.5. The van der Waals surface area contributed by atoms with E-state index in [0.29, 0.717) is 16.1 Å². The molecule has 0 saturated carbocycles. The van der Waals surface area contributed by atoms with Gasteiger partial charge in [-0.1, -0.05) is 42.3 Å². The van der Waals surface area contributed by atoms with E-state index in [9.17, 15) is 0 Å². The van der Waals surface area contributed by atoms with Crippen molar-refractivity contribution in [3.8, 4) is 0 Å². The minimum Gasteiger partial charge on any atom is -0.310 e. The maximum absolute atomic E-state index is 6.36. The molecule has 1 saturated heterocycles. The van der Waals surface area contributed by atoms with Crippen molar-refractivity contribution in [2.24, 2.45) is 0 Å². The van der Waals surface area contributed by atoms with Crippen LogP contribution in [0.3, 0.4) is 0 Å². The van der Waals surface area contributed by atoms with Gasteiger partial charge in [0, 0.05) is 18.6 Å². The van der Waals surface area contributed by atoms with E-state index >= 15 is 0 Å². The van der Waals surface area contributed by atoms with E-state index in [0.717, 1.165) is 25.1 Å². The molecule has 112 valence electrons. The number of nitrogens with one attached hydrogen (secondary N) is 1. The van der Waals surface area contributed by atoms with Crippen LogP contribution in [0.15, 0.2) is 18.2 Å². The topological polar surface area (TPSA) is 15.3 Å². The molecule has 0 spiro atoms. The molecule has 2 atom stereocenters. The molecule has 1 aliphatic heterocycles. The Morgan fingerprint density at radius 1 is 1.40 bits per heavy atom. The molecule has 20 heavy (non-hydrogen) atoms. The molecule has 1 heterocycles. The van der Waals surface area contributed by atoms with E-state index in [4.69, 9.17) is 23.2 Å². The number of hydrogen-bond donors (Lipinski definition) is 1. The van der Waals surface area contributed by atoms with Gasteiger partial charge in [-0.05, 0) is 50.9 Å². The van der Waals surface area contributed by atoms with Gasteiger partial charge in [-0.3, -0.25) is 0 Å². The lowest BCUT2D eigenvalue weighted by Crippen LogP contribution is -2.31. The van der Waals surface area contributed by atoms with Crippen LogP contribution in [0.2, 0.25) is 10.0 Å². The van der Waals surface area contributed by atoms with Gasteiger partial charge in [-0.15, -0.1) is 0 Å². The summed E-state index contributed by atoms with van der Waals surface area (Å²) >= 11 is 12.5. The van der Waals surface area contributed by atoms with Crippen molar-refractivity contribution in [3.05, 3.63) is 33.8 Å². The maximum atomic E-state index is 6.36. The second kappa shape index (κ2) is 7.65. The van der Waals surface area contributed by atoms with Crippen LogP contribution in [-0.4, -0.2) is 30.6 Å². The number of hydrogen-bond acceptors (Lipinski definition) is 2. The second-order valence-corrected chi connectivity index (χ2v) is 6.35. The third-order valence-corrected chi connectivity index (χ3v) is 5.04. The van der Waals surface area contributed by atoms with Gasteiger partial charge in [0.15, 0.2) is 0 Å². The van der Waals surface area contributed by atoms with E-state index in [1.54, 1.807) is 0 Å². The molecule has 0 amide bonds. The smallest absolute Gasteiger partial charge is 0.0640 e. The Labute approximate surface area is 132 Å². The molecule has 0 aromatic heterocycles. The van der Waals surface area contributed by atoms with Gasteiger partial charge in [-0.25, -0.2) is 0 Å². The van der Waals surface area contributed by atoms with E-state index < -0.39 is 0 Å². The molecule has 2 rings (SSSR count). The zero-order chi connectivity index (χ0) is 14.5. The monoisotopic (exact) mass is 314 g/mol. The standard InChI is InChI=1S/C16H24Cl2N2/c1-3-19-15(9-11-20-10-5-6-12(20)2)13-7-4-8-14(17)16(13)18/h4,7-8,12,15,19H,3,5-6,9-11H2,1-2H3. The van der Waals surface area contributed by atoms with Crippen LogP contribution in [0, 0.1) is 0 Å². The third kappa shape index (κ3) is 3.88. The van der Waals surface area contributed by atoms with Crippen molar-refractivity contribution in [1.29, 1.82) is 0 Å². The van der Waals surface area contributed by atoms with Crippen LogP contribution in [0.1, 0.15) is 44.7 Å². The fourth-order valence-electron chi connectivity index (χ4n) is 3.02. The lowest BCUT2D eigenvalue weighted by molar-refractivity contribution is 0.252. The summed E-state index contributed by atoms with van der Waals surface area (Å²) in [6, 6.07) is 6.89. The van der Waals surface area contributed by atoms with Crippen LogP contribution in [0.4, 0.5) is 0 Å². The zero-order valence-electron chi connectivity index (χ0n) is 12.3. The average molecular weight is 315 g/mol. The van der Waals surface area contributed by atoms with Gasteiger partial charge in [0.25, 0.3) is 0 Å². The predicted molar refractivity (Wildman–Crippen MR) is 87.8 cm³/mol. The van der Waals surface area contributed by atoms with Crippen LogP contribution < -0.4 is 5.32 Å². The zero-order valence-corrected chi connectivity index (χ0v) is 13.8. The molecular weight excluding hydrogens is 291 g/mol. The van der Waals surface area contributed by atoms with Gasteiger partial charge in [0.1, 0.15) is 0 Å². The predicted octanol–water partition coefficient (Wildman–Crippen LogP) is 4.52. The first kappa shape index (κ1) is 16.1. The number of rotatable bonds is 6. The van der Waals surface area contributed by atoms with Gasteiger partial charge in [-0.2, -0.15) is 0 Å². The molecule has 1 aromatic rings. The summed E-state index contributed by atoms with van der Waals surface area (Å²) in [5.41, 5.74) is 1.12. The van der Waals surface area contributed by atoms with Gasteiger partial charge in [0.05, 0.1) is 10.0 Å². The summed E-state index contributed by atoms with van der Waals surface area (Å²) in [5, 5.41) is 4.87. The van der Waals surface area contributed by atoms with Crippen LogP contribution in [-0.2, 0) is 0 Å². The Hall–Kier alpha value is -0.280. The molecular formula is C16H24Cl2N2. The highest BCUT2D eigenvalue weighted by Crippen LogP contribution is 2.32. The van der Waals surface area contributed by atoms with E-state index in [-0.39, 0.29) is 6.04 Å². The summed E-state index contributed by atoms with van der Waals surface area (Å²) in [6.45, 7) is 7.72. The Morgan fingerprint density at radius 2 is 2.20 bits per heavy atom. The van der Waals surface area contributed by atoms with Crippen LogP contribution in [0.25, 0.3) is 0 Å². The largest absolute Gasteiger partial charge is 0.310 e. The van der Waals surface area contributed by atoms with Crippen molar-refractivity contribution in [2.45, 2.75) is 45.2 Å². The van der Waals surface area contributed by atoms with E-state index in [1.807, 2.05) is 12.1 Å². The number of halogens is 2. The van der Waals surface area contributed by atoms with Crippen molar-refractivity contribution in [2.75, 3.05) is 19.6 Å². The van der Waals surface area contributed by atoms with Crippen LogP contribution in [0.5, 0.6) is 0 Å². The number of nitrogens with zero attached hydrogens (tertiary/aromatic N) is 1. The average Bonchev–Trinajstić information content (AvgIpc) is 2.84. The lowest BCUT2D eigenvalue weighted by Gasteiger charge is -2.26. The summed E-state index contributed by atoms with van der Waals surface area (Å²) < 4.78 is 0. The van der Waals surface area contributed by atoms with Crippen molar-refractivity contribution in [3.63, 3.8) is 0 Å². The van der Waals surface area contributed by atoms with Crippen molar-refractivity contribution in [1.82, 2.24) is 10.2 Å². The molecule has 2 unspecified atom stereocenters. The van der Waals surface area contributed by atoms with Crippen molar-refractivity contribution < 1.29 is 0 Å². The molecule has 1 aliphatic rings. The first-order valence-corrected chi connectivity index (χ1v) is 8.30. The molecule has 1 N–H and O–H groups in total. The van der Waals surface area contributed by atoms with Gasteiger partial charge in [0.2, 0.25) is 0 Å². The minimum atomic E-state index is 0.277. The van der Waals surface area contributed by atoms with E-state index in [2.05, 4.69) is 30.1 Å². The lowest BCUT2D eigenvalue weighted by atomic mass is 10.0. The highest BCUT2D eigenvalue weighted by molar-refractivity contribution is 6.42. The first-order chi connectivity index (χ1) is 9.63. The van der Waals surface area contributed by atoms with Crippen LogP contribution >= 0.6 is 23.2 Å². The summed E-state index contributed by atoms with van der Waals surface area (Å²) in [4.78, 5) is 2.57. The second-order valence-electron chi connectivity index (χ2n) is 5.57. The molecule has 0 aliphatic carbocycles. The molecule has 2 nitrogen and oxygen atoms in total. The molecule has 0 bridgehead atoms. The SMILES string of the molecule is CCNC(CCN1CCCC1C)c1cccc(Cl)c1Cl. The van der Waals surface area contributed by atoms with E-state index in [1.165, 1.54) is 19.4 Å². The molecule has 1 fully saturated rings. The summed E-state index contributed by atoms with van der Waals surface area (Å²) in [7, 11) is 0.